The number of ketones is 1. The number of rotatable bonds is 10. The van der Waals surface area contributed by atoms with Gasteiger partial charge in [-0.2, -0.15) is 0 Å². The Hall–Kier alpha value is -5.21. The lowest BCUT2D eigenvalue weighted by molar-refractivity contribution is 0.0154. The molecule has 1 aliphatic rings. The Bertz CT molecular complexity index is 1990. The maximum atomic E-state index is 13.8. The Labute approximate surface area is 281 Å². The normalized spacial score (nSPS) is 14.0. The number of benzene rings is 3. The summed E-state index contributed by atoms with van der Waals surface area (Å²) in [6, 6.07) is 23.2. The minimum absolute atomic E-state index is 0.0153. The molecule has 6 rings (SSSR count). The zero-order chi connectivity index (χ0) is 33.8. The average molecular weight is 644 g/mol. The molecule has 0 amide bonds. The summed E-state index contributed by atoms with van der Waals surface area (Å²) in [4.78, 5) is 32.1. The molecule has 3 heterocycles. The number of nitrogens with two attached hydrogens (primary N) is 1. The highest BCUT2D eigenvalue weighted by Crippen LogP contribution is 2.35. The van der Waals surface area contributed by atoms with E-state index in [1.165, 1.54) is 0 Å². The van der Waals surface area contributed by atoms with Gasteiger partial charge in [0.15, 0.2) is 22.7 Å². The van der Waals surface area contributed by atoms with Crippen molar-refractivity contribution in [3.05, 3.63) is 118 Å². The summed E-state index contributed by atoms with van der Waals surface area (Å²) >= 11 is 0. The number of anilines is 1. The Morgan fingerprint density at radius 3 is 2.19 bits per heavy atom. The minimum Gasteiger partial charge on any atom is -0.493 e. The van der Waals surface area contributed by atoms with Crippen molar-refractivity contribution in [2.24, 2.45) is 5.41 Å². The van der Waals surface area contributed by atoms with Crippen LogP contribution < -0.4 is 20.6 Å². The first-order valence-electron chi connectivity index (χ1n) is 16.2. The number of aromatic nitrogens is 2. The first-order valence-corrected chi connectivity index (χ1v) is 16.2. The molecule has 48 heavy (non-hydrogen) atoms. The number of hydrogen-bond donors (Lipinski definition) is 1. The van der Waals surface area contributed by atoms with E-state index in [1.807, 2.05) is 90.5 Å². The van der Waals surface area contributed by atoms with E-state index >= 15 is 0 Å². The first kappa shape index (κ1) is 32.7. The third-order valence-corrected chi connectivity index (χ3v) is 9.27. The van der Waals surface area contributed by atoms with Gasteiger partial charge in [-0.05, 0) is 65.6 Å². The monoisotopic (exact) mass is 643 g/mol. The van der Waals surface area contributed by atoms with Crippen LogP contribution in [0.2, 0.25) is 0 Å². The molecule has 2 aromatic heterocycles. The zero-order valence-corrected chi connectivity index (χ0v) is 27.9. The average Bonchev–Trinajstić information content (AvgIpc) is 3.10. The number of Topliss-reactive ketones (excluding diaryl/α,β-unsaturated/α-hetero) is 1. The standard InChI is InChI=1S/C40H41N3O5/c1-26-5-9-29(10-6-26)33-23-43(25-40(2)15-17-48-18-16-40)24-34(38(33)45)35(44)19-27-7-11-28(12-8-27)32-20-31(22-42-39(32)41)30-13-14-36(46-3)37(21-30)47-4/h5-14,20-24H,15-19,25H2,1-4H3,(H2,41,42). The van der Waals surface area contributed by atoms with E-state index in [1.54, 1.807) is 26.6 Å². The van der Waals surface area contributed by atoms with Gasteiger partial charge in [0.25, 0.3) is 0 Å². The van der Waals surface area contributed by atoms with Gasteiger partial charge < -0.3 is 24.5 Å². The summed E-state index contributed by atoms with van der Waals surface area (Å²) in [5.74, 6) is 1.44. The van der Waals surface area contributed by atoms with Crippen LogP contribution >= 0.6 is 0 Å². The van der Waals surface area contributed by atoms with E-state index in [0.717, 1.165) is 51.8 Å². The van der Waals surface area contributed by atoms with Crippen molar-refractivity contribution in [1.82, 2.24) is 9.55 Å². The lowest BCUT2D eigenvalue weighted by Gasteiger charge is -2.34. The number of ether oxygens (including phenoxy) is 3. The van der Waals surface area contributed by atoms with Gasteiger partial charge in [-0.3, -0.25) is 9.59 Å². The maximum Gasteiger partial charge on any atom is 0.200 e. The van der Waals surface area contributed by atoms with Gasteiger partial charge in [-0.1, -0.05) is 67.1 Å². The van der Waals surface area contributed by atoms with E-state index in [4.69, 9.17) is 19.9 Å². The van der Waals surface area contributed by atoms with Crippen molar-refractivity contribution >= 4 is 11.6 Å². The molecule has 5 aromatic rings. The molecular formula is C40H41N3O5. The quantitative estimate of drug-likeness (QED) is 0.158. The molecule has 3 aromatic carbocycles. The van der Waals surface area contributed by atoms with Gasteiger partial charge in [0.2, 0.25) is 0 Å². The molecule has 246 valence electrons. The third kappa shape index (κ3) is 7.04. The first-order chi connectivity index (χ1) is 23.2. The van der Waals surface area contributed by atoms with Crippen LogP contribution in [0.1, 0.15) is 41.3 Å². The molecule has 8 nitrogen and oxygen atoms in total. The predicted molar refractivity (Wildman–Crippen MR) is 190 cm³/mol. The van der Waals surface area contributed by atoms with Crippen LogP contribution in [0.3, 0.4) is 0 Å². The van der Waals surface area contributed by atoms with E-state index < -0.39 is 0 Å². The van der Waals surface area contributed by atoms with Crippen LogP contribution in [-0.2, 0) is 17.7 Å². The molecule has 0 spiro atoms. The molecule has 1 fully saturated rings. The van der Waals surface area contributed by atoms with Gasteiger partial charge in [0.05, 0.1) is 19.8 Å². The number of aryl methyl sites for hydroxylation is 1. The van der Waals surface area contributed by atoms with Crippen molar-refractivity contribution in [2.75, 3.05) is 33.2 Å². The summed E-state index contributed by atoms with van der Waals surface area (Å²) in [6.45, 7) is 6.38. The van der Waals surface area contributed by atoms with Gasteiger partial charge in [0.1, 0.15) is 5.82 Å². The Morgan fingerprint density at radius 1 is 0.854 bits per heavy atom. The Balaban J connectivity index is 1.28. The van der Waals surface area contributed by atoms with Crippen molar-refractivity contribution in [2.45, 2.75) is 39.7 Å². The van der Waals surface area contributed by atoms with Crippen molar-refractivity contribution in [3.8, 4) is 44.9 Å². The molecule has 8 heteroatoms. The maximum absolute atomic E-state index is 13.8. The summed E-state index contributed by atoms with van der Waals surface area (Å²) in [5.41, 5.74) is 12.9. The fourth-order valence-corrected chi connectivity index (χ4v) is 6.29. The molecular weight excluding hydrogens is 602 g/mol. The lowest BCUT2D eigenvalue weighted by Crippen LogP contribution is -2.32. The van der Waals surface area contributed by atoms with Crippen LogP contribution in [0, 0.1) is 12.3 Å². The lowest BCUT2D eigenvalue weighted by atomic mass is 9.82. The molecule has 0 saturated carbocycles. The van der Waals surface area contributed by atoms with E-state index in [0.29, 0.717) is 42.6 Å². The fourth-order valence-electron chi connectivity index (χ4n) is 6.29. The van der Waals surface area contributed by atoms with Crippen LogP contribution in [-0.4, -0.2) is 42.8 Å². The summed E-state index contributed by atoms with van der Waals surface area (Å²) in [5, 5.41) is 0. The zero-order valence-electron chi connectivity index (χ0n) is 27.9. The van der Waals surface area contributed by atoms with Crippen LogP contribution in [0.25, 0.3) is 33.4 Å². The van der Waals surface area contributed by atoms with Gasteiger partial charge in [0, 0.05) is 61.5 Å². The second-order valence-electron chi connectivity index (χ2n) is 12.9. The van der Waals surface area contributed by atoms with Crippen molar-refractivity contribution in [3.63, 3.8) is 0 Å². The highest BCUT2D eigenvalue weighted by Gasteiger charge is 2.28. The molecule has 0 unspecified atom stereocenters. The topological polar surface area (TPSA) is 106 Å². The molecule has 2 N–H and O–H groups in total. The summed E-state index contributed by atoms with van der Waals surface area (Å²) < 4.78 is 18.5. The summed E-state index contributed by atoms with van der Waals surface area (Å²) in [7, 11) is 3.20. The van der Waals surface area contributed by atoms with E-state index in [2.05, 4.69) is 11.9 Å². The Kier molecular flexibility index (Phi) is 9.46. The predicted octanol–water partition coefficient (Wildman–Crippen LogP) is 7.39. The SMILES string of the molecule is COc1ccc(-c2cnc(N)c(-c3ccc(CC(=O)c4cn(CC5(C)CCOCC5)cc(-c5ccc(C)cc5)c4=O)cc3)c2)cc1OC. The number of hydrogen-bond acceptors (Lipinski definition) is 7. The molecule has 0 aliphatic carbocycles. The number of methoxy groups -OCH3 is 2. The molecule has 0 bridgehead atoms. The molecule has 1 saturated heterocycles. The number of pyridine rings is 2. The summed E-state index contributed by atoms with van der Waals surface area (Å²) in [6.07, 6.45) is 7.31. The number of nitrogen functional groups attached to an aromatic ring is 1. The van der Waals surface area contributed by atoms with Crippen molar-refractivity contribution < 1.29 is 19.0 Å². The number of carbonyl (C=O) groups is 1. The second kappa shape index (κ2) is 13.9. The minimum atomic E-state index is -0.250. The van der Waals surface area contributed by atoms with Crippen LogP contribution in [0.4, 0.5) is 5.82 Å². The van der Waals surface area contributed by atoms with E-state index in [9.17, 15) is 9.59 Å². The van der Waals surface area contributed by atoms with Gasteiger partial charge in [-0.15, -0.1) is 0 Å². The highest BCUT2D eigenvalue weighted by molar-refractivity contribution is 5.98. The van der Waals surface area contributed by atoms with Crippen molar-refractivity contribution in [1.29, 1.82) is 0 Å². The largest absolute Gasteiger partial charge is 0.493 e. The van der Waals surface area contributed by atoms with Gasteiger partial charge in [-0.25, -0.2) is 4.98 Å². The Morgan fingerprint density at radius 2 is 1.50 bits per heavy atom. The van der Waals surface area contributed by atoms with Crippen LogP contribution in [0.5, 0.6) is 11.5 Å². The van der Waals surface area contributed by atoms with Gasteiger partial charge >= 0.3 is 0 Å². The fraction of sp³-hybridized carbons (Fsp3) is 0.275. The van der Waals surface area contributed by atoms with Crippen LogP contribution in [0.15, 0.2) is 96.2 Å². The van der Waals surface area contributed by atoms with E-state index in [-0.39, 0.29) is 28.6 Å². The third-order valence-electron chi connectivity index (χ3n) is 9.27. The number of nitrogens with zero attached hydrogens (tertiary/aromatic N) is 2. The molecule has 0 radical (unpaired) electrons. The number of carbonyl (C=O) groups excluding carboxylic acids is 1. The molecule has 0 atom stereocenters. The second-order valence-corrected chi connectivity index (χ2v) is 12.9. The highest BCUT2D eigenvalue weighted by atomic mass is 16.5. The molecule has 1 aliphatic heterocycles. The smallest absolute Gasteiger partial charge is 0.200 e.